The minimum absolute atomic E-state index is 0.0377. The zero-order valence-electron chi connectivity index (χ0n) is 15.8. The van der Waals surface area contributed by atoms with E-state index in [9.17, 15) is 22.4 Å². The first kappa shape index (κ1) is 20.0. The van der Waals surface area contributed by atoms with Gasteiger partial charge in [0.05, 0.1) is 16.5 Å². The molecule has 1 aliphatic rings. The van der Waals surface area contributed by atoms with Gasteiger partial charge in [-0.05, 0) is 49.2 Å². The van der Waals surface area contributed by atoms with Crippen LogP contribution in [0.1, 0.15) is 17.5 Å². The molecule has 28 heavy (non-hydrogen) atoms. The van der Waals surface area contributed by atoms with Crippen LogP contribution in [0.2, 0.25) is 0 Å². The number of carbonyl (C=O) groups is 2. The van der Waals surface area contributed by atoms with Crippen LogP contribution in [0, 0.1) is 25.6 Å². The summed E-state index contributed by atoms with van der Waals surface area (Å²) in [4.78, 5) is 26.4. The second-order valence-electron chi connectivity index (χ2n) is 7.10. The summed E-state index contributed by atoms with van der Waals surface area (Å²) >= 11 is 0. The van der Waals surface area contributed by atoms with Gasteiger partial charge in [-0.25, -0.2) is 12.8 Å². The van der Waals surface area contributed by atoms with Crippen molar-refractivity contribution in [2.24, 2.45) is 5.92 Å². The van der Waals surface area contributed by atoms with Crippen molar-refractivity contribution in [3.05, 3.63) is 53.3 Å². The van der Waals surface area contributed by atoms with E-state index in [1.807, 2.05) is 0 Å². The molecule has 0 radical (unpaired) electrons. The minimum atomic E-state index is -3.41. The summed E-state index contributed by atoms with van der Waals surface area (Å²) in [7, 11) is -3.41. The Kier molecular flexibility index (Phi) is 5.25. The largest absolute Gasteiger partial charge is 0.325 e. The number of aryl methyl sites for hydroxylation is 2. The van der Waals surface area contributed by atoms with Gasteiger partial charge in [-0.2, -0.15) is 0 Å². The third kappa shape index (κ3) is 4.06. The number of rotatable bonds is 4. The average Bonchev–Trinajstić information content (AvgIpc) is 2.97. The lowest BCUT2D eigenvalue weighted by molar-refractivity contribution is -0.122. The molecule has 3 rings (SSSR count). The van der Waals surface area contributed by atoms with E-state index < -0.39 is 27.5 Å². The van der Waals surface area contributed by atoms with Crippen molar-refractivity contribution in [1.82, 2.24) is 0 Å². The number of carbonyl (C=O) groups excluding carboxylic acids is 2. The first-order valence-electron chi connectivity index (χ1n) is 8.74. The second kappa shape index (κ2) is 7.35. The number of sulfone groups is 1. The lowest BCUT2D eigenvalue weighted by Crippen LogP contribution is -2.29. The molecule has 1 fully saturated rings. The van der Waals surface area contributed by atoms with Crippen LogP contribution >= 0.6 is 0 Å². The summed E-state index contributed by atoms with van der Waals surface area (Å²) in [5.41, 5.74) is 1.97. The number of halogens is 1. The van der Waals surface area contributed by atoms with E-state index in [2.05, 4.69) is 5.32 Å². The highest BCUT2D eigenvalue weighted by Crippen LogP contribution is 2.29. The number of hydrogen-bond donors (Lipinski definition) is 1. The highest BCUT2D eigenvalue weighted by atomic mass is 32.2. The topological polar surface area (TPSA) is 83.6 Å². The molecule has 0 saturated carbocycles. The van der Waals surface area contributed by atoms with Crippen molar-refractivity contribution in [2.75, 3.05) is 23.0 Å². The predicted molar refractivity (Wildman–Crippen MR) is 105 cm³/mol. The van der Waals surface area contributed by atoms with E-state index in [0.717, 1.165) is 11.8 Å². The van der Waals surface area contributed by atoms with Crippen LogP contribution in [0.4, 0.5) is 15.8 Å². The van der Waals surface area contributed by atoms with Gasteiger partial charge in [0.25, 0.3) is 0 Å². The predicted octanol–water partition coefficient (Wildman–Crippen LogP) is 2.84. The summed E-state index contributed by atoms with van der Waals surface area (Å²) < 4.78 is 37.7. The summed E-state index contributed by atoms with van der Waals surface area (Å²) in [5.74, 6) is -1.90. The van der Waals surface area contributed by atoms with Gasteiger partial charge < -0.3 is 10.2 Å². The van der Waals surface area contributed by atoms with Gasteiger partial charge in [0.15, 0.2) is 9.84 Å². The summed E-state index contributed by atoms with van der Waals surface area (Å²) in [6, 6.07) is 9.07. The Morgan fingerprint density at radius 2 is 1.89 bits per heavy atom. The molecule has 1 heterocycles. The molecule has 8 heteroatoms. The van der Waals surface area contributed by atoms with Crippen molar-refractivity contribution in [1.29, 1.82) is 0 Å². The number of hydrogen-bond acceptors (Lipinski definition) is 4. The standard InChI is InChI=1S/C20H21FN2O4S/c1-12-4-7-18(16(21)8-12)23-11-14(9-19(23)24)20(25)22-17-10-15(28(3,26)27)6-5-13(17)2/h4-8,10,14H,9,11H2,1-3H3,(H,22,25). The van der Waals surface area contributed by atoms with Gasteiger partial charge >= 0.3 is 0 Å². The van der Waals surface area contributed by atoms with E-state index >= 15 is 0 Å². The van der Waals surface area contributed by atoms with E-state index in [4.69, 9.17) is 0 Å². The van der Waals surface area contributed by atoms with Crippen molar-refractivity contribution in [3.8, 4) is 0 Å². The highest BCUT2D eigenvalue weighted by Gasteiger charge is 2.36. The monoisotopic (exact) mass is 404 g/mol. The molecule has 1 saturated heterocycles. The molecule has 1 N–H and O–H groups in total. The molecule has 1 aliphatic heterocycles. The van der Waals surface area contributed by atoms with Crippen LogP contribution in [0.5, 0.6) is 0 Å². The maximum absolute atomic E-state index is 14.2. The quantitative estimate of drug-likeness (QED) is 0.849. The Morgan fingerprint density at radius 1 is 1.18 bits per heavy atom. The lowest BCUT2D eigenvalue weighted by Gasteiger charge is -2.18. The number of amides is 2. The smallest absolute Gasteiger partial charge is 0.229 e. The van der Waals surface area contributed by atoms with Gasteiger partial charge in [-0.3, -0.25) is 9.59 Å². The van der Waals surface area contributed by atoms with Crippen LogP contribution in [-0.2, 0) is 19.4 Å². The lowest BCUT2D eigenvalue weighted by atomic mass is 10.1. The maximum Gasteiger partial charge on any atom is 0.229 e. The Balaban J connectivity index is 1.79. The molecule has 0 aromatic heterocycles. The zero-order chi connectivity index (χ0) is 20.6. The summed E-state index contributed by atoms with van der Waals surface area (Å²) in [5, 5.41) is 2.70. The van der Waals surface area contributed by atoms with Crippen molar-refractivity contribution < 1.29 is 22.4 Å². The molecule has 2 amide bonds. The molecule has 1 unspecified atom stereocenters. The van der Waals surface area contributed by atoms with Gasteiger partial charge in [0.2, 0.25) is 11.8 Å². The van der Waals surface area contributed by atoms with Crippen LogP contribution in [0.15, 0.2) is 41.3 Å². The third-order valence-electron chi connectivity index (χ3n) is 4.78. The molecule has 0 bridgehead atoms. The highest BCUT2D eigenvalue weighted by molar-refractivity contribution is 7.90. The molecule has 1 atom stereocenters. The van der Waals surface area contributed by atoms with Gasteiger partial charge in [-0.1, -0.05) is 12.1 Å². The number of nitrogens with zero attached hydrogens (tertiary/aromatic N) is 1. The Labute approximate surface area is 163 Å². The van der Waals surface area contributed by atoms with E-state index in [0.29, 0.717) is 11.3 Å². The Morgan fingerprint density at radius 3 is 2.54 bits per heavy atom. The Hall–Kier alpha value is -2.74. The summed E-state index contributed by atoms with van der Waals surface area (Å²) in [6.07, 6.45) is 1.05. The van der Waals surface area contributed by atoms with E-state index in [1.54, 1.807) is 26.0 Å². The number of benzene rings is 2. The fourth-order valence-electron chi connectivity index (χ4n) is 3.15. The molecule has 0 spiro atoms. The number of anilines is 2. The maximum atomic E-state index is 14.2. The van der Waals surface area contributed by atoms with Crippen molar-refractivity contribution in [2.45, 2.75) is 25.2 Å². The van der Waals surface area contributed by atoms with Crippen LogP contribution in [-0.4, -0.2) is 33.0 Å². The van der Waals surface area contributed by atoms with Gasteiger partial charge in [0.1, 0.15) is 5.82 Å². The van der Waals surface area contributed by atoms with E-state index in [1.165, 1.54) is 29.2 Å². The van der Waals surface area contributed by atoms with Gasteiger partial charge in [0, 0.05) is 24.9 Å². The first-order valence-corrected chi connectivity index (χ1v) is 10.6. The zero-order valence-corrected chi connectivity index (χ0v) is 16.6. The summed E-state index contributed by atoms with van der Waals surface area (Å²) in [6.45, 7) is 3.56. The molecular weight excluding hydrogens is 383 g/mol. The van der Waals surface area contributed by atoms with Crippen LogP contribution in [0.3, 0.4) is 0 Å². The molecular formula is C20H21FN2O4S. The van der Waals surface area contributed by atoms with Crippen LogP contribution < -0.4 is 10.2 Å². The fraction of sp³-hybridized carbons (Fsp3) is 0.300. The molecule has 0 aliphatic carbocycles. The fourth-order valence-corrected chi connectivity index (χ4v) is 3.80. The Bertz CT molecular complexity index is 1070. The molecule has 2 aromatic rings. The SMILES string of the molecule is Cc1ccc(N2CC(C(=O)Nc3cc(S(C)(=O)=O)ccc3C)CC2=O)c(F)c1. The average molecular weight is 404 g/mol. The van der Waals surface area contributed by atoms with Gasteiger partial charge in [-0.15, -0.1) is 0 Å². The van der Waals surface area contributed by atoms with Crippen molar-refractivity contribution >= 4 is 33.0 Å². The second-order valence-corrected chi connectivity index (χ2v) is 9.11. The van der Waals surface area contributed by atoms with Crippen molar-refractivity contribution in [3.63, 3.8) is 0 Å². The molecule has 148 valence electrons. The van der Waals surface area contributed by atoms with E-state index in [-0.39, 0.29) is 29.5 Å². The minimum Gasteiger partial charge on any atom is -0.325 e. The molecule has 2 aromatic carbocycles. The van der Waals surface area contributed by atoms with Crippen LogP contribution in [0.25, 0.3) is 0 Å². The normalized spacial score (nSPS) is 17.1. The number of nitrogens with one attached hydrogen (secondary N) is 1. The third-order valence-corrected chi connectivity index (χ3v) is 5.90. The molecule has 6 nitrogen and oxygen atoms in total. The first-order chi connectivity index (χ1) is 13.1.